The van der Waals surface area contributed by atoms with Crippen LogP contribution in [0.4, 0.5) is 0 Å². The third-order valence-corrected chi connectivity index (χ3v) is 6.73. The fourth-order valence-corrected chi connectivity index (χ4v) is 5.96. The molecule has 1 atom stereocenters. The van der Waals surface area contributed by atoms with Crippen molar-refractivity contribution >= 4 is 6.08 Å². The number of hydrogen-bond donors (Lipinski definition) is 2. The van der Waals surface area contributed by atoms with E-state index in [1.54, 1.807) is 12.1 Å². The maximum absolute atomic E-state index is 10.2. The van der Waals surface area contributed by atoms with Gasteiger partial charge in [-0.05, 0) is 63.6 Å². The van der Waals surface area contributed by atoms with Gasteiger partial charge in [-0.2, -0.15) is 0 Å². The first kappa shape index (κ1) is 22.4. The third kappa shape index (κ3) is 4.66. The van der Waals surface area contributed by atoms with Gasteiger partial charge in [0.1, 0.15) is 5.75 Å². The monoisotopic (exact) mass is 426 g/mol. The summed E-state index contributed by atoms with van der Waals surface area (Å²) in [5, 5.41) is 19.9. The van der Waals surface area contributed by atoms with Gasteiger partial charge < -0.3 is 10.2 Å². The number of benzene rings is 3. The molecule has 32 heavy (non-hydrogen) atoms. The van der Waals surface area contributed by atoms with Gasteiger partial charge in [0.25, 0.3) is 0 Å². The van der Waals surface area contributed by atoms with Gasteiger partial charge in [-0.25, -0.2) is 0 Å². The zero-order valence-electron chi connectivity index (χ0n) is 19.6. The standard InChI is InChI=1S/C30H34O2/c1-29(2)18-24(16-21-10-13-26(32)14-11-21)28(30(3,4)20-29)23-12-15-27(25(17-23)19-31)22-8-6-5-7-9-22/h5-17,28,31-32H,18-20H2,1-4H3. The van der Waals surface area contributed by atoms with E-state index < -0.39 is 0 Å². The second-order valence-corrected chi connectivity index (χ2v) is 10.7. The van der Waals surface area contributed by atoms with Crippen molar-refractivity contribution in [1.29, 1.82) is 0 Å². The van der Waals surface area contributed by atoms with Gasteiger partial charge in [0, 0.05) is 5.92 Å². The Bertz CT molecular complexity index is 1110. The second kappa shape index (κ2) is 8.60. The number of aliphatic hydroxyl groups excluding tert-OH is 1. The molecule has 1 saturated carbocycles. The van der Waals surface area contributed by atoms with Crippen LogP contribution < -0.4 is 0 Å². The molecule has 2 heteroatoms. The van der Waals surface area contributed by atoms with Gasteiger partial charge in [0.05, 0.1) is 6.61 Å². The van der Waals surface area contributed by atoms with Crippen LogP contribution in [0.1, 0.15) is 63.1 Å². The molecule has 1 aliphatic carbocycles. The number of allylic oxidation sites excluding steroid dienone is 1. The van der Waals surface area contributed by atoms with Crippen molar-refractivity contribution < 1.29 is 10.2 Å². The molecule has 166 valence electrons. The molecule has 3 aromatic carbocycles. The van der Waals surface area contributed by atoms with E-state index >= 15 is 0 Å². The van der Waals surface area contributed by atoms with Crippen LogP contribution in [0.5, 0.6) is 5.75 Å². The maximum atomic E-state index is 10.2. The van der Waals surface area contributed by atoms with Crippen molar-refractivity contribution in [1.82, 2.24) is 0 Å². The van der Waals surface area contributed by atoms with Crippen molar-refractivity contribution in [2.45, 2.75) is 53.1 Å². The summed E-state index contributed by atoms with van der Waals surface area (Å²) in [7, 11) is 0. The maximum Gasteiger partial charge on any atom is 0.115 e. The highest BCUT2D eigenvalue weighted by Crippen LogP contribution is 2.56. The van der Waals surface area contributed by atoms with Crippen LogP contribution in [0.15, 0.2) is 78.4 Å². The predicted octanol–water partition coefficient (Wildman–Crippen LogP) is 7.56. The fourth-order valence-electron chi connectivity index (χ4n) is 5.96. The van der Waals surface area contributed by atoms with Crippen molar-refractivity contribution in [3.05, 3.63) is 95.1 Å². The van der Waals surface area contributed by atoms with Crippen LogP contribution in [-0.4, -0.2) is 10.2 Å². The number of hydrogen-bond acceptors (Lipinski definition) is 2. The molecule has 0 amide bonds. The Hall–Kier alpha value is -2.84. The van der Waals surface area contributed by atoms with Crippen molar-refractivity contribution in [2.75, 3.05) is 0 Å². The van der Waals surface area contributed by atoms with Gasteiger partial charge in [-0.3, -0.25) is 0 Å². The number of phenols is 1. The molecule has 4 rings (SSSR count). The Balaban J connectivity index is 1.82. The molecule has 1 unspecified atom stereocenters. The average molecular weight is 427 g/mol. The predicted molar refractivity (Wildman–Crippen MR) is 133 cm³/mol. The lowest BCUT2D eigenvalue weighted by Crippen LogP contribution is -2.36. The Labute approximate surface area is 192 Å². The van der Waals surface area contributed by atoms with Crippen LogP contribution in [-0.2, 0) is 6.61 Å². The molecule has 1 fully saturated rings. The lowest BCUT2D eigenvalue weighted by atomic mass is 9.56. The number of rotatable bonds is 4. The fraction of sp³-hybridized carbons (Fsp3) is 0.333. The van der Waals surface area contributed by atoms with Crippen LogP contribution >= 0.6 is 0 Å². The summed E-state index contributed by atoms with van der Waals surface area (Å²) in [5.74, 6) is 0.552. The Morgan fingerprint density at radius 1 is 0.906 bits per heavy atom. The molecule has 0 saturated heterocycles. The summed E-state index contributed by atoms with van der Waals surface area (Å²) in [6.07, 6.45) is 4.46. The minimum Gasteiger partial charge on any atom is -0.508 e. The molecule has 0 radical (unpaired) electrons. The van der Waals surface area contributed by atoms with Gasteiger partial charge >= 0.3 is 0 Å². The highest BCUT2D eigenvalue weighted by Gasteiger charge is 2.43. The van der Waals surface area contributed by atoms with E-state index in [1.807, 2.05) is 30.3 Å². The van der Waals surface area contributed by atoms with Crippen LogP contribution in [0.3, 0.4) is 0 Å². The number of phenolic OH excluding ortho intramolecular Hbond substituents is 1. The molecule has 0 aliphatic heterocycles. The molecule has 0 bridgehead atoms. The van der Waals surface area contributed by atoms with Crippen LogP contribution in [0.25, 0.3) is 17.2 Å². The molecular formula is C30H34O2. The largest absolute Gasteiger partial charge is 0.508 e. The Morgan fingerprint density at radius 2 is 1.59 bits per heavy atom. The Kier molecular flexibility index (Phi) is 6.01. The summed E-state index contributed by atoms with van der Waals surface area (Å²) in [4.78, 5) is 0. The SMILES string of the molecule is CC1(C)CC(=Cc2ccc(O)cc2)C(c2ccc(-c3ccccc3)c(CO)c2)C(C)(C)C1. The van der Waals surface area contributed by atoms with Gasteiger partial charge in [-0.1, -0.05) is 100 Å². The first-order valence-electron chi connectivity index (χ1n) is 11.5. The highest BCUT2D eigenvalue weighted by molar-refractivity contribution is 5.68. The lowest BCUT2D eigenvalue weighted by molar-refractivity contribution is 0.131. The van der Waals surface area contributed by atoms with E-state index in [4.69, 9.17) is 0 Å². The normalized spacial score (nSPS) is 20.9. The summed E-state index contributed by atoms with van der Waals surface area (Å²) >= 11 is 0. The van der Waals surface area contributed by atoms with E-state index in [1.165, 1.54) is 11.1 Å². The summed E-state index contributed by atoms with van der Waals surface area (Å²) in [5.41, 5.74) is 7.27. The van der Waals surface area contributed by atoms with Gasteiger partial charge in [0.2, 0.25) is 0 Å². The summed E-state index contributed by atoms with van der Waals surface area (Å²) in [6.45, 7) is 9.47. The minimum atomic E-state index is 0.0215. The van der Waals surface area contributed by atoms with Crippen molar-refractivity contribution in [2.24, 2.45) is 10.8 Å². The topological polar surface area (TPSA) is 40.5 Å². The van der Waals surface area contributed by atoms with E-state index in [-0.39, 0.29) is 29.1 Å². The first-order chi connectivity index (χ1) is 15.2. The van der Waals surface area contributed by atoms with E-state index in [9.17, 15) is 10.2 Å². The van der Waals surface area contributed by atoms with Gasteiger partial charge in [-0.15, -0.1) is 0 Å². The van der Waals surface area contributed by atoms with E-state index in [0.29, 0.717) is 0 Å². The zero-order chi connectivity index (χ0) is 22.9. The summed E-state index contributed by atoms with van der Waals surface area (Å²) in [6, 6.07) is 24.4. The number of aliphatic hydroxyl groups is 1. The van der Waals surface area contributed by atoms with Crippen molar-refractivity contribution in [3.63, 3.8) is 0 Å². The molecule has 1 aliphatic rings. The lowest BCUT2D eigenvalue weighted by Gasteiger charge is -2.48. The summed E-state index contributed by atoms with van der Waals surface area (Å²) < 4.78 is 0. The molecule has 0 heterocycles. The minimum absolute atomic E-state index is 0.0215. The van der Waals surface area contributed by atoms with Gasteiger partial charge in [0.15, 0.2) is 0 Å². The molecule has 0 spiro atoms. The molecule has 0 aromatic heterocycles. The third-order valence-electron chi connectivity index (χ3n) is 6.73. The van der Waals surface area contributed by atoms with Crippen LogP contribution in [0.2, 0.25) is 0 Å². The Morgan fingerprint density at radius 3 is 2.25 bits per heavy atom. The first-order valence-corrected chi connectivity index (χ1v) is 11.5. The molecule has 2 nitrogen and oxygen atoms in total. The second-order valence-electron chi connectivity index (χ2n) is 10.7. The van der Waals surface area contributed by atoms with E-state index in [0.717, 1.165) is 35.1 Å². The zero-order valence-corrected chi connectivity index (χ0v) is 19.6. The number of aromatic hydroxyl groups is 1. The molecular weight excluding hydrogens is 392 g/mol. The molecule has 3 aromatic rings. The smallest absolute Gasteiger partial charge is 0.115 e. The van der Waals surface area contributed by atoms with E-state index in [2.05, 4.69) is 64.1 Å². The quantitative estimate of drug-likeness (QED) is 0.452. The highest BCUT2D eigenvalue weighted by atomic mass is 16.3. The van der Waals surface area contributed by atoms with Crippen LogP contribution in [0, 0.1) is 10.8 Å². The van der Waals surface area contributed by atoms with Crippen molar-refractivity contribution in [3.8, 4) is 16.9 Å². The molecule has 2 N–H and O–H groups in total. The average Bonchev–Trinajstić information content (AvgIpc) is 2.74.